The first-order valence-corrected chi connectivity index (χ1v) is 32.8. The molecule has 0 N–H and O–H groups in total. The molecule has 0 amide bonds. The van der Waals surface area contributed by atoms with Crippen LogP contribution in [0.15, 0.2) is 304 Å². The monoisotopic (exact) mass is 1160 g/mol. The molecule has 18 aromatic rings. The molecule has 2 unspecified atom stereocenters. The molecule has 6 heterocycles. The van der Waals surface area contributed by atoms with Gasteiger partial charge in [0.2, 0.25) is 0 Å². The first kappa shape index (κ1) is 51.5. The fourth-order valence-electron chi connectivity index (χ4n) is 13.4. The van der Waals surface area contributed by atoms with Crippen molar-refractivity contribution in [1.29, 1.82) is 0 Å². The van der Waals surface area contributed by atoms with Crippen LogP contribution in [0.4, 0.5) is 0 Å². The molecular formula is C78H50N6O2P2. The topological polar surface area (TPSA) is 94.5 Å². The van der Waals surface area contributed by atoms with Crippen molar-refractivity contribution in [3.63, 3.8) is 0 Å². The highest BCUT2D eigenvalue weighted by atomic mass is 31.2. The minimum Gasteiger partial charge on any atom is -0.309 e. The van der Waals surface area contributed by atoms with Gasteiger partial charge in [-0.05, 0) is 112 Å². The van der Waals surface area contributed by atoms with E-state index in [1.165, 1.54) is 16.2 Å². The first-order valence-electron chi connectivity index (χ1n) is 29.4. The fraction of sp³-hybridized carbons (Fsp3) is 0. The number of benzene rings is 12. The number of hydrogen-bond acceptors (Lipinski definition) is 6. The number of nitrogens with zero attached hydrogens (tertiary/aromatic N) is 6. The maximum atomic E-state index is 15.6. The van der Waals surface area contributed by atoms with Gasteiger partial charge in [-0.15, -0.1) is 0 Å². The maximum Gasteiger partial charge on any atom is 0.171 e. The van der Waals surface area contributed by atoms with Crippen LogP contribution in [0.2, 0.25) is 0 Å². The predicted octanol–water partition coefficient (Wildman–Crippen LogP) is 16.8. The van der Waals surface area contributed by atoms with Gasteiger partial charge in [-0.3, -0.25) is 18.8 Å². The Morgan fingerprint density at radius 3 is 1.34 bits per heavy atom. The molecule has 8 nitrogen and oxygen atoms in total. The number of para-hydroxylation sites is 4. The van der Waals surface area contributed by atoms with Gasteiger partial charge in [-0.2, -0.15) is 0 Å². The minimum absolute atomic E-state index is 0.784. The molecule has 0 saturated heterocycles. The third kappa shape index (κ3) is 8.00. The highest BCUT2D eigenvalue weighted by Crippen LogP contribution is 2.47. The second kappa shape index (κ2) is 20.4. The molecular weight excluding hydrogens is 1110 g/mol. The van der Waals surface area contributed by atoms with E-state index in [-0.39, 0.29) is 0 Å². The van der Waals surface area contributed by atoms with Crippen LogP contribution < -0.4 is 31.8 Å². The lowest BCUT2D eigenvalue weighted by Crippen LogP contribution is -2.25. The van der Waals surface area contributed by atoms with Crippen LogP contribution in [0.25, 0.3) is 120 Å². The van der Waals surface area contributed by atoms with Crippen molar-refractivity contribution in [1.82, 2.24) is 28.7 Å². The molecule has 88 heavy (non-hydrogen) atoms. The summed E-state index contributed by atoms with van der Waals surface area (Å²) in [7, 11) is -6.51. The number of hydrogen-bond donors (Lipinski definition) is 0. The number of fused-ring (bicyclic) bond motifs is 21. The summed E-state index contributed by atoms with van der Waals surface area (Å²) < 4.78 is 35.8. The Morgan fingerprint density at radius 2 is 0.716 bits per heavy atom. The Balaban J connectivity index is 0.000000137. The first-order chi connectivity index (χ1) is 43.4. The van der Waals surface area contributed by atoms with Crippen LogP contribution in [0, 0.1) is 0 Å². The van der Waals surface area contributed by atoms with Gasteiger partial charge in [0.1, 0.15) is 11.3 Å². The van der Waals surface area contributed by atoms with Crippen molar-refractivity contribution in [2.75, 3.05) is 0 Å². The molecule has 0 fully saturated rings. The Morgan fingerprint density at radius 1 is 0.273 bits per heavy atom. The SMILES string of the molecule is O=P(c1ccccc1)(c1ccc(-c2ccncc2)cc1)c1ccc2c(c1)c1nc3ccccc3n1c1c3ccccc3ccc21.O=P(c1ccccc1)(c1ccc2ncccc2c1)c1ccc2c(c1)c1ccc3ccccc3c1n1c3ccccc3nc21. The zero-order valence-electron chi connectivity index (χ0n) is 47.3. The molecule has 10 heteroatoms. The van der Waals surface area contributed by atoms with E-state index < -0.39 is 14.3 Å². The molecule has 12 aromatic carbocycles. The molecule has 414 valence electrons. The lowest BCUT2D eigenvalue weighted by atomic mass is 10.0. The average Bonchev–Trinajstić information content (AvgIpc) is 1.42. The molecule has 6 aromatic heterocycles. The van der Waals surface area contributed by atoms with E-state index in [2.05, 4.69) is 170 Å². The lowest BCUT2D eigenvalue weighted by Gasteiger charge is -2.21. The van der Waals surface area contributed by atoms with Crippen molar-refractivity contribution in [2.45, 2.75) is 0 Å². The summed E-state index contributed by atoms with van der Waals surface area (Å²) in [5.41, 5.74) is 11.0. The minimum atomic E-state index is -3.25. The Hall–Kier alpha value is -10.9. The zero-order chi connectivity index (χ0) is 58.5. The quantitative estimate of drug-likeness (QED) is 0.117. The molecule has 2 atom stereocenters. The Labute approximate surface area is 505 Å². The fourth-order valence-corrected chi connectivity index (χ4v) is 18.8. The summed E-state index contributed by atoms with van der Waals surface area (Å²) in [6.45, 7) is 0. The number of rotatable bonds is 7. The second-order valence-electron chi connectivity index (χ2n) is 22.4. The summed E-state index contributed by atoms with van der Waals surface area (Å²) in [6.07, 6.45) is 5.37. The van der Waals surface area contributed by atoms with Crippen LogP contribution in [0.1, 0.15) is 0 Å². The van der Waals surface area contributed by atoms with E-state index >= 15 is 9.13 Å². The van der Waals surface area contributed by atoms with Crippen molar-refractivity contribution in [3.8, 4) is 11.1 Å². The van der Waals surface area contributed by atoms with Crippen molar-refractivity contribution in [2.24, 2.45) is 0 Å². The summed E-state index contributed by atoms with van der Waals surface area (Å²) >= 11 is 0. The zero-order valence-corrected chi connectivity index (χ0v) is 49.1. The van der Waals surface area contributed by atoms with Gasteiger partial charge in [-0.25, -0.2) is 9.97 Å². The van der Waals surface area contributed by atoms with E-state index in [0.29, 0.717) is 0 Å². The van der Waals surface area contributed by atoms with Crippen LogP contribution in [0.3, 0.4) is 0 Å². The summed E-state index contributed by atoms with van der Waals surface area (Å²) in [5, 5.41) is 16.8. The number of pyridine rings is 4. The molecule has 0 aliphatic carbocycles. The molecule has 0 bridgehead atoms. The van der Waals surface area contributed by atoms with E-state index in [4.69, 9.17) is 9.97 Å². The third-order valence-corrected chi connectivity index (χ3v) is 23.7. The van der Waals surface area contributed by atoms with Gasteiger partial charge < -0.3 is 9.13 Å². The van der Waals surface area contributed by atoms with Crippen molar-refractivity contribution >= 4 is 155 Å². The van der Waals surface area contributed by atoms with Crippen LogP contribution in [0.5, 0.6) is 0 Å². The largest absolute Gasteiger partial charge is 0.309 e. The average molecular weight is 1170 g/mol. The van der Waals surface area contributed by atoms with Gasteiger partial charge >= 0.3 is 0 Å². The number of imidazole rings is 2. The molecule has 0 spiro atoms. The predicted molar refractivity (Wildman–Crippen MR) is 368 cm³/mol. The lowest BCUT2D eigenvalue weighted by molar-refractivity contribution is 0.591. The molecule has 18 rings (SSSR count). The van der Waals surface area contributed by atoms with Gasteiger partial charge in [-0.1, -0.05) is 206 Å². The van der Waals surface area contributed by atoms with Crippen molar-refractivity contribution in [3.05, 3.63) is 304 Å². The standard InChI is InChI=1S/C40H26N3OP.C38H24N3OP/c44-45(30-9-2-1-3-10-30,31-17-14-27(15-18-31)28-22-24-41-25-23-28)32-19-21-34-35-20-16-29-8-4-5-11-33(29)39(35)43-38-13-7-6-12-37(38)42-40(43)36(34)26-32;42-43(27-11-2-1-3-12-27,28-18-21-34-26(23-28)10-8-22-39-34)29-17-20-32-33(24-29)31-19-16-25-9-4-5-13-30(25)37(31)41-36-15-7-6-14-35(36)40-38(32)41/h1-26H;1-24H. The van der Waals surface area contributed by atoms with E-state index in [9.17, 15) is 0 Å². The Kier molecular flexibility index (Phi) is 11.9. The third-order valence-electron chi connectivity index (χ3n) is 17.6. The highest BCUT2D eigenvalue weighted by Gasteiger charge is 2.33. The van der Waals surface area contributed by atoms with Gasteiger partial charge in [0.05, 0.1) is 38.6 Å². The normalized spacial score (nSPS) is 13.3. The van der Waals surface area contributed by atoms with Gasteiger partial charge in [0.25, 0.3) is 0 Å². The molecule has 0 saturated carbocycles. The van der Waals surface area contributed by atoms with Gasteiger partial charge in [0, 0.05) is 88.1 Å². The maximum absolute atomic E-state index is 15.6. The van der Waals surface area contributed by atoms with Crippen molar-refractivity contribution < 1.29 is 9.13 Å². The van der Waals surface area contributed by atoms with Crippen LogP contribution in [-0.4, -0.2) is 28.7 Å². The molecule has 0 aliphatic rings. The number of aromatic nitrogens is 6. The molecule has 0 radical (unpaired) electrons. The summed E-state index contributed by atoms with van der Waals surface area (Å²) in [6, 6.07) is 96.8. The Bertz CT molecular complexity index is 5950. The summed E-state index contributed by atoms with van der Waals surface area (Å²) in [4.78, 5) is 19.0. The van der Waals surface area contributed by atoms with Crippen LogP contribution in [-0.2, 0) is 9.13 Å². The van der Waals surface area contributed by atoms with Gasteiger partial charge in [0.15, 0.2) is 14.3 Å². The van der Waals surface area contributed by atoms with E-state index in [1.54, 1.807) is 18.6 Å². The van der Waals surface area contributed by atoms with E-state index in [1.807, 2.05) is 133 Å². The summed E-state index contributed by atoms with van der Waals surface area (Å²) in [5.74, 6) is 0. The second-order valence-corrected chi connectivity index (χ2v) is 27.9. The smallest absolute Gasteiger partial charge is 0.171 e. The van der Waals surface area contributed by atoms with E-state index in [0.717, 1.165) is 136 Å². The highest BCUT2D eigenvalue weighted by molar-refractivity contribution is 7.85. The van der Waals surface area contributed by atoms with Crippen LogP contribution >= 0.6 is 14.3 Å². The molecule has 0 aliphatic heterocycles.